The van der Waals surface area contributed by atoms with Gasteiger partial charge >= 0.3 is 0 Å². The first-order chi connectivity index (χ1) is 10.2. The molecule has 5 nitrogen and oxygen atoms in total. The second-order valence-electron chi connectivity index (χ2n) is 4.69. The highest BCUT2D eigenvalue weighted by Gasteiger charge is 2.13. The van der Waals surface area contributed by atoms with Gasteiger partial charge in [0.25, 0.3) is 0 Å². The predicted octanol–water partition coefficient (Wildman–Crippen LogP) is 2.20. The lowest BCUT2D eigenvalue weighted by molar-refractivity contribution is 0.300. The zero-order chi connectivity index (χ0) is 15.7. The minimum absolute atomic E-state index is 0.371. The van der Waals surface area contributed by atoms with E-state index in [0.29, 0.717) is 11.5 Å². The Labute approximate surface area is 127 Å². The van der Waals surface area contributed by atoms with Crippen molar-refractivity contribution in [2.45, 2.75) is 19.9 Å². The summed E-state index contributed by atoms with van der Waals surface area (Å²) in [7, 11) is 3.21. The molecule has 1 atom stereocenters. The smallest absolute Gasteiger partial charge is 0.122 e. The lowest BCUT2D eigenvalue weighted by Gasteiger charge is -2.20. The van der Waals surface area contributed by atoms with E-state index < -0.39 is 0 Å². The maximum atomic E-state index is 9.38. The van der Waals surface area contributed by atoms with Crippen LogP contribution in [0, 0.1) is 11.3 Å². The fourth-order valence-electron chi connectivity index (χ4n) is 2.14. The molecule has 0 saturated carbocycles. The lowest BCUT2D eigenvalue weighted by atomic mass is 10.1. The lowest BCUT2D eigenvalue weighted by Crippen LogP contribution is -2.33. The molecule has 0 aromatic heterocycles. The molecule has 116 valence electrons. The molecule has 0 aliphatic heterocycles. The van der Waals surface area contributed by atoms with Crippen molar-refractivity contribution < 1.29 is 9.47 Å². The Morgan fingerprint density at radius 2 is 1.71 bits per heavy atom. The number of ether oxygens (including phenoxy) is 2. The molecule has 0 radical (unpaired) electrons. The van der Waals surface area contributed by atoms with Crippen molar-refractivity contribution in [3.8, 4) is 17.6 Å². The molecule has 0 fully saturated rings. The maximum absolute atomic E-state index is 9.38. The van der Waals surface area contributed by atoms with Crippen molar-refractivity contribution in [3.05, 3.63) is 23.8 Å². The van der Waals surface area contributed by atoms with Crippen LogP contribution in [0.4, 0.5) is 0 Å². The molecule has 1 aromatic carbocycles. The summed E-state index contributed by atoms with van der Waals surface area (Å²) in [4.78, 5) is 2.31. The van der Waals surface area contributed by atoms with E-state index in [0.717, 1.165) is 31.7 Å². The Morgan fingerprint density at radius 1 is 1.14 bits per heavy atom. The van der Waals surface area contributed by atoms with E-state index in [-0.39, 0.29) is 6.04 Å². The van der Waals surface area contributed by atoms with Gasteiger partial charge in [-0.15, -0.1) is 0 Å². The molecule has 1 aromatic rings. The number of nitrogens with one attached hydrogen (secondary N) is 1. The molecular weight excluding hydrogens is 266 g/mol. The van der Waals surface area contributed by atoms with E-state index in [9.17, 15) is 5.26 Å². The number of likely N-dealkylation sites (N-methyl/N-ethyl adjacent to an activating group) is 1. The zero-order valence-corrected chi connectivity index (χ0v) is 13.3. The van der Waals surface area contributed by atoms with E-state index in [1.165, 1.54) is 0 Å². The molecule has 1 unspecified atom stereocenters. The van der Waals surface area contributed by atoms with Crippen molar-refractivity contribution in [2.75, 3.05) is 40.4 Å². The fourth-order valence-corrected chi connectivity index (χ4v) is 2.14. The molecule has 0 heterocycles. The molecule has 0 spiro atoms. The second-order valence-corrected chi connectivity index (χ2v) is 4.69. The van der Waals surface area contributed by atoms with E-state index in [1.54, 1.807) is 20.3 Å². The van der Waals surface area contributed by atoms with Gasteiger partial charge in [-0.1, -0.05) is 13.8 Å². The summed E-state index contributed by atoms with van der Waals surface area (Å²) >= 11 is 0. The number of benzene rings is 1. The molecule has 1 rings (SSSR count). The van der Waals surface area contributed by atoms with E-state index in [4.69, 9.17) is 9.47 Å². The van der Waals surface area contributed by atoms with Crippen LogP contribution in [0.3, 0.4) is 0 Å². The molecular formula is C16H25N3O2. The number of rotatable bonds is 9. The van der Waals surface area contributed by atoms with Gasteiger partial charge in [-0.05, 0) is 30.8 Å². The number of hydrogen-bond donors (Lipinski definition) is 1. The van der Waals surface area contributed by atoms with Crippen LogP contribution in [0.15, 0.2) is 18.2 Å². The average Bonchev–Trinajstić information content (AvgIpc) is 2.54. The summed E-state index contributed by atoms with van der Waals surface area (Å²) in [6.45, 7) is 7.99. The van der Waals surface area contributed by atoms with Crippen LogP contribution < -0.4 is 14.8 Å². The quantitative estimate of drug-likeness (QED) is 0.756. The van der Waals surface area contributed by atoms with E-state index >= 15 is 0 Å². The molecule has 21 heavy (non-hydrogen) atoms. The van der Waals surface area contributed by atoms with E-state index in [2.05, 4.69) is 30.1 Å². The van der Waals surface area contributed by atoms with Crippen LogP contribution in [0.2, 0.25) is 0 Å². The van der Waals surface area contributed by atoms with Crippen LogP contribution in [-0.4, -0.2) is 45.3 Å². The average molecular weight is 291 g/mol. The minimum atomic E-state index is -0.371. The Bertz CT molecular complexity index is 445. The monoisotopic (exact) mass is 291 g/mol. The number of hydrogen-bond acceptors (Lipinski definition) is 5. The van der Waals surface area contributed by atoms with Gasteiger partial charge < -0.3 is 14.4 Å². The van der Waals surface area contributed by atoms with Crippen molar-refractivity contribution in [3.63, 3.8) is 0 Å². The van der Waals surface area contributed by atoms with E-state index in [1.807, 2.05) is 12.1 Å². The van der Waals surface area contributed by atoms with Crippen LogP contribution in [0.25, 0.3) is 0 Å². The molecule has 0 amide bonds. The third-order valence-corrected chi connectivity index (χ3v) is 3.51. The summed E-state index contributed by atoms with van der Waals surface area (Å²) in [6.07, 6.45) is 0. The van der Waals surface area contributed by atoms with Crippen LogP contribution in [-0.2, 0) is 0 Å². The summed E-state index contributed by atoms with van der Waals surface area (Å²) in [5.41, 5.74) is 0.855. The van der Waals surface area contributed by atoms with Gasteiger partial charge in [-0.25, -0.2) is 0 Å². The number of nitriles is 1. The van der Waals surface area contributed by atoms with Gasteiger partial charge in [-0.3, -0.25) is 5.32 Å². The minimum Gasteiger partial charge on any atom is -0.497 e. The Kier molecular flexibility index (Phi) is 7.59. The highest BCUT2D eigenvalue weighted by Crippen LogP contribution is 2.26. The third kappa shape index (κ3) is 5.25. The van der Waals surface area contributed by atoms with Gasteiger partial charge in [0.2, 0.25) is 0 Å². The first kappa shape index (κ1) is 17.3. The van der Waals surface area contributed by atoms with Gasteiger partial charge in [-0.2, -0.15) is 5.26 Å². The standard InChI is InChI=1S/C16H25N3O2/c1-5-19(6-2)8-7-18-16(12-17)13-9-14(20-3)11-15(10-13)21-4/h9-11,16,18H,5-8H2,1-4H3. The van der Waals surface area contributed by atoms with Crippen molar-refractivity contribution in [1.29, 1.82) is 5.26 Å². The topological polar surface area (TPSA) is 57.5 Å². The zero-order valence-electron chi connectivity index (χ0n) is 13.3. The molecule has 0 aliphatic carbocycles. The molecule has 5 heteroatoms. The van der Waals surface area contributed by atoms with Gasteiger partial charge in [0.1, 0.15) is 17.5 Å². The Hall–Kier alpha value is -1.77. The van der Waals surface area contributed by atoms with Crippen molar-refractivity contribution in [2.24, 2.45) is 0 Å². The molecule has 0 bridgehead atoms. The van der Waals surface area contributed by atoms with Crippen molar-refractivity contribution >= 4 is 0 Å². The second kappa shape index (κ2) is 9.22. The van der Waals surface area contributed by atoms with Crippen LogP contribution in [0.1, 0.15) is 25.5 Å². The maximum Gasteiger partial charge on any atom is 0.122 e. The molecule has 1 N–H and O–H groups in total. The summed E-state index contributed by atoms with van der Waals surface area (Å²) in [6, 6.07) is 7.44. The summed E-state index contributed by atoms with van der Waals surface area (Å²) in [5, 5.41) is 12.7. The Balaban J connectivity index is 2.74. The third-order valence-electron chi connectivity index (χ3n) is 3.51. The highest BCUT2D eigenvalue weighted by atomic mass is 16.5. The summed E-state index contributed by atoms with van der Waals surface area (Å²) < 4.78 is 10.5. The van der Waals surface area contributed by atoms with Gasteiger partial charge in [0, 0.05) is 19.2 Å². The Morgan fingerprint density at radius 3 is 2.14 bits per heavy atom. The fraction of sp³-hybridized carbons (Fsp3) is 0.562. The first-order valence-corrected chi connectivity index (χ1v) is 7.26. The van der Waals surface area contributed by atoms with Crippen LogP contribution in [0.5, 0.6) is 11.5 Å². The first-order valence-electron chi connectivity index (χ1n) is 7.26. The normalized spacial score (nSPS) is 12.0. The predicted molar refractivity (Wildman–Crippen MR) is 83.7 cm³/mol. The van der Waals surface area contributed by atoms with Gasteiger partial charge in [0.15, 0.2) is 0 Å². The van der Waals surface area contributed by atoms with Crippen molar-refractivity contribution in [1.82, 2.24) is 10.2 Å². The molecule has 0 saturated heterocycles. The highest BCUT2D eigenvalue weighted by molar-refractivity contribution is 5.41. The van der Waals surface area contributed by atoms with Crippen LogP contribution >= 0.6 is 0 Å². The SMILES string of the molecule is CCN(CC)CCNC(C#N)c1cc(OC)cc(OC)c1. The van der Waals surface area contributed by atoms with Gasteiger partial charge in [0.05, 0.1) is 20.3 Å². The molecule has 0 aliphatic rings. The largest absolute Gasteiger partial charge is 0.497 e. The summed E-state index contributed by atoms with van der Waals surface area (Å²) in [5.74, 6) is 1.38. The number of methoxy groups -OCH3 is 2. The number of nitrogens with zero attached hydrogens (tertiary/aromatic N) is 2.